The standard InChI is InChI=1S/C23H31FN2O4S/c1-6-19(26(31(5,28)29)20-13-9-8-12-18(20)24)22(27)25-15-16-30-21-14-10-7-11-17(21)23(2,3)4/h7-14,19H,6,15-16H2,1-5H3,(H,25,27)/t19-/m1/s1. The minimum Gasteiger partial charge on any atom is -0.491 e. The van der Waals surface area contributed by atoms with Crippen molar-refractivity contribution in [3.8, 4) is 5.75 Å². The quantitative estimate of drug-likeness (QED) is 0.589. The molecule has 0 bridgehead atoms. The summed E-state index contributed by atoms with van der Waals surface area (Å²) in [5.74, 6) is -0.481. The van der Waals surface area contributed by atoms with Crippen molar-refractivity contribution in [2.75, 3.05) is 23.7 Å². The van der Waals surface area contributed by atoms with Gasteiger partial charge in [0.2, 0.25) is 15.9 Å². The fourth-order valence-electron chi connectivity index (χ4n) is 3.33. The van der Waals surface area contributed by atoms with Crippen molar-refractivity contribution in [3.05, 3.63) is 59.9 Å². The highest BCUT2D eigenvalue weighted by Gasteiger charge is 2.32. The smallest absolute Gasteiger partial charge is 0.244 e. The van der Waals surface area contributed by atoms with Gasteiger partial charge in [0.25, 0.3) is 0 Å². The van der Waals surface area contributed by atoms with Crippen LogP contribution in [0.5, 0.6) is 5.75 Å². The van der Waals surface area contributed by atoms with Gasteiger partial charge in [0.1, 0.15) is 24.2 Å². The van der Waals surface area contributed by atoms with Crippen molar-refractivity contribution < 1.29 is 22.3 Å². The Morgan fingerprint density at radius 1 is 1.13 bits per heavy atom. The number of amides is 1. The van der Waals surface area contributed by atoms with Gasteiger partial charge in [0.05, 0.1) is 18.5 Å². The molecule has 1 amide bonds. The Morgan fingerprint density at radius 3 is 2.32 bits per heavy atom. The highest BCUT2D eigenvalue weighted by molar-refractivity contribution is 7.92. The van der Waals surface area contributed by atoms with Crippen LogP contribution in [0.15, 0.2) is 48.5 Å². The predicted octanol–water partition coefficient (Wildman–Crippen LogP) is 3.86. The highest BCUT2D eigenvalue weighted by atomic mass is 32.2. The first-order valence-corrected chi connectivity index (χ1v) is 12.1. The van der Waals surface area contributed by atoms with Crippen LogP contribution >= 0.6 is 0 Å². The predicted molar refractivity (Wildman–Crippen MR) is 121 cm³/mol. The highest BCUT2D eigenvalue weighted by Crippen LogP contribution is 2.31. The Bertz CT molecular complexity index is 1000. The van der Waals surface area contributed by atoms with Gasteiger partial charge < -0.3 is 10.1 Å². The van der Waals surface area contributed by atoms with Crippen LogP contribution in [-0.2, 0) is 20.2 Å². The van der Waals surface area contributed by atoms with Gasteiger partial charge in [-0.3, -0.25) is 9.10 Å². The second kappa shape index (κ2) is 10.1. The third-order valence-electron chi connectivity index (χ3n) is 4.77. The zero-order valence-corrected chi connectivity index (χ0v) is 19.5. The summed E-state index contributed by atoms with van der Waals surface area (Å²) in [5, 5.41) is 2.71. The lowest BCUT2D eigenvalue weighted by Crippen LogP contribution is -2.50. The number of nitrogens with one attached hydrogen (secondary N) is 1. The topological polar surface area (TPSA) is 75.7 Å². The summed E-state index contributed by atoms with van der Waals surface area (Å²) in [6, 6.07) is 12.1. The van der Waals surface area contributed by atoms with Crippen LogP contribution in [0.4, 0.5) is 10.1 Å². The molecule has 2 aromatic carbocycles. The van der Waals surface area contributed by atoms with Crippen LogP contribution in [0.3, 0.4) is 0 Å². The van der Waals surface area contributed by atoms with Crippen molar-refractivity contribution in [1.29, 1.82) is 0 Å². The number of para-hydroxylation sites is 2. The molecule has 0 aliphatic carbocycles. The van der Waals surface area contributed by atoms with Crippen molar-refractivity contribution in [2.24, 2.45) is 0 Å². The molecule has 31 heavy (non-hydrogen) atoms. The Kier molecular flexibility index (Phi) is 8.06. The maximum absolute atomic E-state index is 14.3. The molecule has 8 heteroatoms. The number of rotatable bonds is 9. The number of hydrogen-bond donors (Lipinski definition) is 1. The molecule has 0 aliphatic rings. The molecule has 0 aromatic heterocycles. The van der Waals surface area contributed by atoms with E-state index in [1.165, 1.54) is 24.3 Å². The van der Waals surface area contributed by atoms with E-state index in [1.54, 1.807) is 6.92 Å². The minimum absolute atomic E-state index is 0.0944. The van der Waals surface area contributed by atoms with E-state index in [0.717, 1.165) is 21.9 Å². The van der Waals surface area contributed by atoms with E-state index in [-0.39, 0.29) is 30.7 Å². The molecule has 0 fully saturated rings. The van der Waals surface area contributed by atoms with Crippen LogP contribution in [0, 0.1) is 5.82 Å². The SMILES string of the molecule is CC[C@H](C(=O)NCCOc1ccccc1C(C)(C)C)N(c1ccccc1F)S(C)(=O)=O. The second-order valence-electron chi connectivity index (χ2n) is 8.32. The number of sulfonamides is 1. The number of carbonyl (C=O) groups excluding carboxylic acids is 1. The summed E-state index contributed by atoms with van der Waals surface area (Å²) in [7, 11) is -3.89. The lowest BCUT2D eigenvalue weighted by atomic mass is 9.86. The number of carbonyl (C=O) groups is 1. The number of halogens is 1. The Labute approximate surface area is 184 Å². The molecule has 0 saturated carbocycles. The molecule has 0 saturated heterocycles. The van der Waals surface area contributed by atoms with Crippen molar-refractivity contribution >= 4 is 21.6 Å². The van der Waals surface area contributed by atoms with Crippen molar-refractivity contribution in [3.63, 3.8) is 0 Å². The minimum atomic E-state index is -3.89. The summed E-state index contributed by atoms with van der Waals surface area (Å²) in [6.07, 6.45) is 1.14. The van der Waals surface area contributed by atoms with Gasteiger partial charge >= 0.3 is 0 Å². The first-order valence-electron chi connectivity index (χ1n) is 10.2. The Hall–Kier alpha value is -2.61. The normalized spacial score (nSPS) is 12.8. The van der Waals surface area contributed by atoms with E-state index in [9.17, 15) is 17.6 Å². The number of nitrogens with zero attached hydrogens (tertiary/aromatic N) is 1. The summed E-state index contributed by atoms with van der Waals surface area (Å²) >= 11 is 0. The number of benzene rings is 2. The van der Waals surface area contributed by atoms with E-state index in [2.05, 4.69) is 26.1 Å². The largest absolute Gasteiger partial charge is 0.491 e. The molecular weight excluding hydrogens is 419 g/mol. The maximum atomic E-state index is 14.3. The summed E-state index contributed by atoms with van der Waals surface area (Å²) in [6.45, 7) is 8.35. The van der Waals surface area contributed by atoms with Crippen LogP contribution < -0.4 is 14.4 Å². The first-order chi connectivity index (χ1) is 14.5. The molecule has 6 nitrogen and oxygen atoms in total. The first kappa shape index (κ1) is 24.7. The van der Waals surface area contributed by atoms with Crippen LogP contribution in [0.25, 0.3) is 0 Å². The van der Waals surface area contributed by atoms with E-state index in [1.807, 2.05) is 24.3 Å². The number of hydrogen-bond acceptors (Lipinski definition) is 4. The number of ether oxygens (including phenoxy) is 1. The van der Waals surface area contributed by atoms with Gasteiger partial charge in [-0.25, -0.2) is 12.8 Å². The molecule has 0 aliphatic heterocycles. The van der Waals surface area contributed by atoms with Gasteiger partial charge in [-0.1, -0.05) is 58.0 Å². The van der Waals surface area contributed by atoms with E-state index < -0.39 is 27.8 Å². The molecule has 0 radical (unpaired) electrons. The lowest BCUT2D eigenvalue weighted by Gasteiger charge is -2.30. The Morgan fingerprint density at radius 2 is 1.74 bits per heavy atom. The van der Waals surface area contributed by atoms with Crippen LogP contribution in [-0.4, -0.2) is 39.8 Å². The lowest BCUT2D eigenvalue weighted by molar-refractivity contribution is -0.122. The molecule has 0 spiro atoms. The average Bonchev–Trinajstić information content (AvgIpc) is 2.68. The van der Waals surface area contributed by atoms with Crippen LogP contribution in [0.2, 0.25) is 0 Å². The molecule has 170 valence electrons. The molecule has 1 N–H and O–H groups in total. The molecule has 1 atom stereocenters. The molecular formula is C23H31FN2O4S. The van der Waals surface area contributed by atoms with Crippen molar-refractivity contribution in [2.45, 2.75) is 45.6 Å². The van der Waals surface area contributed by atoms with Gasteiger partial charge in [0.15, 0.2) is 0 Å². The van der Waals surface area contributed by atoms with Gasteiger partial charge in [0, 0.05) is 0 Å². The van der Waals surface area contributed by atoms with E-state index in [4.69, 9.17) is 4.74 Å². The van der Waals surface area contributed by atoms with E-state index >= 15 is 0 Å². The number of anilines is 1. The third kappa shape index (κ3) is 6.43. The molecule has 0 heterocycles. The molecule has 0 unspecified atom stereocenters. The monoisotopic (exact) mass is 450 g/mol. The fourth-order valence-corrected chi connectivity index (χ4v) is 4.54. The fraction of sp³-hybridized carbons (Fsp3) is 0.435. The summed E-state index contributed by atoms with van der Waals surface area (Å²) in [4.78, 5) is 12.8. The summed E-state index contributed by atoms with van der Waals surface area (Å²) < 4.78 is 45.8. The Balaban J connectivity index is 2.09. The van der Waals surface area contributed by atoms with E-state index in [0.29, 0.717) is 0 Å². The van der Waals surface area contributed by atoms with Gasteiger partial charge in [-0.05, 0) is 35.6 Å². The maximum Gasteiger partial charge on any atom is 0.244 e. The van der Waals surface area contributed by atoms with Crippen LogP contribution in [0.1, 0.15) is 39.7 Å². The molecule has 2 aromatic rings. The van der Waals surface area contributed by atoms with Crippen molar-refractivity contribution in [1.82, 2.24) is 5.32 Å². The summed E-state index contributed by atoms with van der Waals surface area (Å²) in [5.41, 5.74) is 0.806. The van der Waals surface area contributed by atoms with Gasteiger partial charge in [-0.15, -0.1) is 0 Å². The zero-order chi connectivity index (χ0) is 23.2. The average molecular weight is 451 g/mol. The second-order valence-corrected chi connectivity index (χ2v) is 10.2. The molecule has 2 rings (SSSR count). The zero-order valence-electron chi connectivity index (χ0n) is 18.7. The van der Waals surface area contributed by atoms with Gasteiger partial charge in [-0.2, -0.15) is 0 Å². The third-order valence-corrected chi connectivity index (χ3v) is 5.94.